The third-order valence-electron chi connectivity index (χ3n) is 5.94. The van der Waals surface area contributed by atoms with Crippen molar-refractivity contribution in [1.29, 1.82) is 0 Å². The summed E-state index contributed by atoms with van der Waals surface area (Å²) in [5.74, 6) is -0.793. The van der Waals surface area contributed by atoms with Crippen LogP contribution in [0.15, 0.2) is 102 Å². The monoisotopic (exact) mass is 506 g/mol. The molecule has 1 aliphatic carbocycles. The lowest BCUT2D eigenvalue weighted by atomic mass is 9.83. The molecule has 2 N–H and O–H groups in total. The smallest absolute Gasteiger partial charge is 0.234 e. The Balaban J connectivity index is 1.19. The lowest BCUT2D eigenvalue weighted by Crippen LogP contribution is -2.24. The molecular weight excluding hydrogens is 484 g/mol. The van der Waals surface area contributed by atoms with Gasteiger partial charge in [0.05, 0.1) is 23.4 Å². The summed E-state index contributed by atoms with van der Waals surface area (Å²) in [6.45, 7) is 0. The number of benzene rings is 4. The highest BCUT2D eigenvalue weighted by Gasteiger charge is 2.31. The third kappa shape index (κ3) is 5.37. The standard InChI is InChI=1S/C30H22N2O4S/c33-26(17-19-7-2-1-3-8-19)31-20-13-15-21(16-14-20)37-18-27(34)32-25-12-6-11-24-28(25)30(36)23-10-5-4-9-22(23)29(24)35/h1-16H,17-18H2,(H,31,33)(H,32,34). The van der Waals surface area contributed by atoms with Crippen LogP contribution >= 0.6 is 11.8 Å². The van der Waals surface area contributed by atoms with Gasteiger partial charge in [0.25, 0.3) is 0 Å². The van der Waals surface area contributed by atoms with E-state index in [9.17, 15) is 19.2 Å². The van der Waals surface area contributed by atoms with Gasteiger partial charge in [0.1, 0.15) is 0 Å². The van der Waals surface area contributed by atoms with Gasteiger partial charge >= 0.3 is 0 Å². The first-order chi connectivity index (χ1) is 18.0. The van der Waals surface area contributed by atoms with Gasteiger partial charge in [0.15, 0.2) is 11.6 Å². The molecule has 4 aromatic carbocycles. The molecule has 0 radical (unpaired) electrons. The van der Waals surface area contributed by atoms with Gasteiger partial charge in [-0.15, -0.1) is 11.8 Å². The van der Waals surface area contributed by atoms with E-state index in [1.165, 1.54) is 11.8 Å². The van der Waals surface area contributed by atoms with Crippen molar-refractivity contribution in [2.24, 2.45) is 0 Å². The van der Waals surface area contributed by atoms with Crippen molar-refractivity contribution < 1.29 is 19.2 Å². The summed E-state index contributed by atoms with van der Waals surface area (Å²) in [6.07, 6.45) is 0.292. The quantitative estimate of drug-likeness (QED) is 0.290. The molecule has 0 heterocycles. The lowest BCUT2D eigenvalue weighted by Gasteiger charge is -2.20. The maximum Gasteiger partial charge on any atom is 0.234 e. The van der Waals surface area contributed by atoms with Gasteiger partial charge in [0, 0.05) is 27.3 Å². The summed E-state index contributed by atoms with van der Waals surface area (Å²) in [4.78, 5) is 51.8. The fourth-order valence-corrected chi connectivity index (χ4v) is 4.90. The molecule has 37 heavy (non-hydrogen) atoms. The molecule has 0 aromatic heterocycles. The molecule has 0 saturated heterocycles. The van der Waals surface area contributed by atoms with Crippen LogP contribution in [0.25, 0.3) is 0 Å². The maximum absolute atomic E-state index is 13.1. The predicted octanol–water partition coefficient (Wildman–Crippen LogP) is 5.37. The molecule has 5 rings (SSSR count). The van der Waals surface area contributed by atoms with Gasteiger partial charge in [-0.05, 0) is 35.9 Å². The minimum Gasteiger partial charge on any atom is -0.326 e. The molecule has 7 heteroatoms. The molecule has 0 bridgehead atoms. The van der Waals surface area contributed by atoms with Crippen LogP contribution in [0.4, 0.5) is 11.4 Å². The first-order valence-corrected chi connectivity index (χ1v) is 12.7. The molecule has 0 atom stereocenters. The Morgan fingerprint density at radius 1 is 0.622 bits per heavy atom. The second-order valence-electron chi connectivity index (χ2n) is 8.50. The van der Waals surface area contributed by atoms with Gasteiger partial charge in [-0.1, -0.05) is 66.7 Å². The van der Waals surface area contributed by atoms with E-state index in [4.69, 9.17) is 0 Å². The van der Waals surface area contributed by atoms with Crippen LogP contribution in [-0.2, 0) is 16.0 Å². The Kier molecular flexibility index (Phi) is 6.96. The zero-order chi connectivity index (χ0) is 25.8. The van der Waals surface area contributed by atoms with E-state index >= 15 is 0 Å². The number of hydrogen-bond donors (Lipinski definition) is 2. The van der Waals surface area contributed by atoms with Crippen LogP contribution in [-0.4, -0.2) is 29.1 Å². The van der Waals surface area contributed by atoms with Crippen molar-refractivity contribution in [3.05, 3.63) is 125 Å². The Bertz CT molecular complexity index is 1510. The van der Waals surface area contributed by atoms with Crippen molar-refractivity contribution in [1.82, 2.24) is 0 Å². The molecular formula is C30H22N2O4S. The number of nitrogens with one attached hydrogen (secondary N) is 2. The highest BCUT2D eigenvalue weighted by molar-refractivity contribution is 8.00. The average molecular weight is 507 g/mol. The third-order valence-corrected chi connectivity index (χ3v) is 6.95. The molecule has 182 valence electrons. The second kappa shape index (κ2) is 10.6. The van der Waals surface area contributed by atoms with E-state index in [1.807, 2.05) is 42.5 Å². The molecule has 4 aromatic rings. The van der Waals surface area contributed by atoms with Crippen LogP contribution in [0, 0.1) is 0 Å². The van der Waals surface area contributed by atoms with E-state index in [1.54, 1.807) is 54.6 Å². The summed E-state index contributed by atoms with van der Waals surface area (Å²) in [6, 6.07) is 28.4. The largest absolute Gasteiger partial charge is 0.326 e. The number of hydrogen-bond acceptors (Lipinski definition) is 5. The molecule has 0 saturated carbocycles. The zero-order valence-electron chi connectivity index (χ0n) is 19.7. The molecule has 6 nitrogen and oxygen atoms in total. The molecule has 0 unspecified atom stereocenters. The minimum absolute atomic E-state index is 0.104. The van der Waals surface area contributed by atoms with Gasteiger partial charge in [-0.3, -0.25) is 19.2 Å². The molecule has 0 aliphatic heterocycles. The number of rotatable bonds is 7. The van der Waals surface area contributed by atoms with Crippen LogP contribution in [0.5, 0.6) is 0 Å². The number of ketones is 2. The Hall–Kier alpha value is -4.49. The van der Waals surface area contributed by atoms with Crippen LogP contribution < -0.4 is 10.6 Å². The van der Waals surface area contributed by atoms with Crippen molar-refractivity contribution >= 4 is 46.5 Å². The normalized spacial score (nSPS) is 11.9. The average Bonchev–Trinajstić information content (AvgIpc) is 2.92. The number of amides is 2. The Morgan fingerprint density at radius 3 is 2.00 bits per heavy atom. The number of fused-ring (bicyclic) bond motifs is 2. The van der Waals surface area contributed by atoms with Gasteiger partial charge < -0.3 is 10.6 Å². The zero-order valence-corrected chi connectivity index (χ0v) is 20.5. The van der Waals surface area contributed by atoms with Gasteiger partial charge in [-0.2, -0.15) is 0 Å². The molecule has 2 amide bonds. The van der Waals surface area contributed by atoms with Gasteiger partial charge in [-0.25, -0.2) is 0 Å². The van der Waals surface area contributed by atoms with E-state index in [2.05, 4.69) is 10.6 Å². The second-order valence-corrected chi connectivity index (χ2v) is 9.55. The summed E-state index contributed by atoms with van der Waals surface area (Å²) in [5.41, 5.74) is 3.17. The van der Waals surface area contributed by atoms with Crippen molar-refractivity contribution in [3.63, 3.8) is 0 Å². The van der Waals surface area contributed by atoms with E-state index in [0.29, 0.717) is 34.5 Å². The summed E-state index contributed by atoms with van der Waals surface area (Å²) in [5, 5.41) is 5.66. The fourth-order valence-electron chi connectivity index (χ4n) is 4.21. The van der Waals surface area contributed by atoms with Crippen molar-refractivity contribution in [2.75, 3.05) is 16.4 Å². The van der Waals surface area contributed by atoms with Crippen LogP contribution in [0.3, 0.4) is 0 Å². The Morgan fingerprint density at radius 2 is 1.27 bits per heavy atom. The summed E-state index contributed by atoms with van der Waals surface area (Å²) >= 11 is 1.33. The predicted molar refractivity (Wildman–Crippen MR) is 144 cm³/mol. The molecule has 0 spiro atoms. The highest BCUT2D eigenvalue weighted by atomic mass is 32.2. The topological polar surface area (TPSA) is 92.3 Å². The van der Waals surface area contributed by atoms with Crippen molar-refractivity contribution in [2.45, 2.75) is 11.3 Å². The van der Waals surface area contributed by atoms with Crippen molar-refractivity contribution in [3.8, 4) is 0 Å². The highest BCUT2D eigenvalue weighted by Crippen LogP contribution is 2.32. The molecule has 0 fully saturated rings. The lowest BCUT2D eigenvalue weighted by molar-refractivity contribution is -0.115. The van der Waals surface area contributed by atoms with Gasteiger partial charge in [0.2, 0.25) is 11.8 Å². The molecule has 1 aliphatic rings. The van der Waals surface area contributed by atoms with Crippen LogP contribution in [0.2, 0.25) is 0 Å². The number of carbonyl (C=O) groups excluding carboxylic acids is 4. The van der Waals surface area contributed by atoms with E-state index in [0.717, 1.165) is 10.5 Å². The first kappa shape index (κ1) is 24.2. The number of thioether (sulfide) groups is 1. The minimum atomic E-state index is -0.294. The Labute approximate surface area is 218 Å². The number of anilines is 2. The van der Waals surface area contributed by atoms with Crippen LogP contribution in [0.1, 0.15) is 37.4 Å². The first-order valence-electron chi connectivity index (χ1n) is 11.7. The maximum atomic E-state index is 13.1. The van der Waals surface area contributed by atoms with E-state index in [-0.39, 0.29) is 34.7 Å². The SMILES string of the molecule is O=C(Cc1ccccc1)Nc1ccc(SCC(=O)Nc2cccc3c2C(=O)c2ccccc2C3=O)cc1. The fraction of sp³-hybridized carbons (Fsp3) is 0.0667. The number of carbonyl (C=O) groups is 4. The summed E-state index contributed by atoms with van der Waals surface area (Å²) < 4.78 is 0. The van der Waals surface area contributed by atoms with E-state index < -0.39 is 0 Å². The summed E-state index contributed by atoms with van der Waals surface area (Å²) in [7, 11) is 0.